The van der Waals surface area contributed by atoms with E-state index in [9.17, 15) is 9.59 Å². The van der Waals surface area contributed by atoms with E-state index in [0.29, 0.717) is 5.56 Å². The van der Waals surface area contributed by atoms with Gasteiger partial charge in [-0.05, 0) is 37.3 Å². The first kappa shape index (κ1) is 14.5. The first-order chi connectivity index (χ1) is 9.40. The molecule has 1 aliphatic carbocycles. The first-order valence-electron chi connectivity index (χ1n) is 6.99. The van der Waals surface area contributed by atoms with E-state index in [-0.39, 0.29) is 23.1 Å². The van der Waals surface area contributed by atoms with E-state index < -0.39 is 0 Å². The molecule has 0 spiro atoms. The molecule has 1 aromatic carbocycles. The standard InChI is InChI=1S/C17H21NO2/c1-12-9-10-14(17(2,3)11-12)16(20)18-15(19)13-7-5-4-6-8-13/h4-8,11,14H,9-10H2,1-3H3,(H,18,19,20)/t14-/m0/s1. The average molecular weight is 271 g/mol. The fourth-order valence-electron chi connectivity index (χ4n) is 2.88. The number of benzene rings is 1. The zero-order valence-electron chi connectivity index (χ0n) is 12.3. The first-order valence-corrected chi connectivity index (χ1v) is 6.99. The van der Waals surface area contributed by atoms with Gasteiger partial charge in [0.25, 0.3) is 5.91 Å². The molecule has 3 nitrogen and oxygen atoms in total. The highest BCUT2D eigenvalue weighted by atomic mass is 16.2. The minimum Gasteiger partial charge on any atom is -0.292 e. The Kier molecular flexibility index (Phi) is 4.07. The average Bonchev–Trinajstić information content (AvgIpc) is 2.38. The third-order valence-electron chi connectivity index (χ3n) is 3.93. The third-order valence-corrected chi connectivity index (χ3v) is 3.93. The molecule has 20 heavy (non-hydrogen) atoms. The number of amides is 2. The van der Waals surface area contributed by atoms with E-state index in [0.717, 1.165) is 12.8 Å². The van der Waals surface area contributed by atoms with E-state index in [2.05, 4.69) is 18.3 Å². The van der Waals surface area contributed by atoms with Gasteiger partial charge in [0.1, 0.15) is 0 Å². The van der Waals surface area contributed by atoms with Crippen molar-refractivity contribution in [3.8, 4) is 0 Å². The predicted molar refractivity (Wildman–Crippen MR) is 79.2 cm³/mol. The van der Waals surface area contributed by atoms with Crippen LogP contribution < -0.4 is 5.32 Å². The van der Waals surface area contributed by atoms with Crippen molar-refractivity contribution >= 4 is 11.8 Å². The summed E-state index contributed by atoms with van der Waals surface area (Å²) in [5, 5.41) is 2.53. The van der Waals surface area contributed by atoms with Crippen molar-refractivity contribution in [2.45, 2.75) is 33.6 Å². The molecule has 0 saturated carbocycles. The summed E-state index contributed by atoms with van der Waals surface area (Å²) in [4.78, 5) is 24.4. The van der Waals surface area contributed by atoms with Crippen LogP contribution in [-0.4, -0.2) is 11.8 Å². The van der Waals surface area contributed by atoms with Gasteiger partial charge in [-0.1, -0.05) is 43.7 Å². The quantitative estimate of drug-likeness (QED) is 0.662. The molecule has 1 N–H and O–H groups in total. The maximum atomic E-state index is 12.3. The molecule has 0 aliphatic heterocycles. The molecule has 1 atom stereocenters. The molecular weight excluding hydrogens is 250 g/mol. The fraction of sp³-hybridized carbons (Fsp3) is 0.412. The summed E-state index contributed by atoms with van der Waals surface area (Å²) in [6.07, 6.45) is 3.86. The van der Waals surface area contributed by atoms with Crippen LogP contribution >= 0.6 is 0 Å². The number of hydrogen-bond donors (Lipinski definition) is 1. The number of imide groups is 1. The summed E-state index contributed by atoms with van der Waals surface area (Å²) >= 11 is 0. The molecule has 0 fully saturated rings. The molecule has 1 aromatic rings. The van der Waals surface area contributed by atoms with Crippen molar-refractivity contribution in [2.24, 2.45) is 11.3 Å². The Morgan fingerprint density at radius 1 is 1.20 bits per heavy atom. The Balaban J connectivity index is 2.08. The summed E-state index contributed by atoms with van der Waals surface area (Å²) < 4.78 is 0. The van der Waals surface area contributed by atoms with Gasteiger partial charge < -0.3 is 0 Å². The van der Waals surface area contributed by atoms with E-state index >= 15 is 0 Å². The second-order valence-electron chi connectivity index (χ2n) is 6.09. The van der Waals surface area contributed by atoms with E-state index in [1.807, 2.05) is 19.9 Å². The highest BCUT2D eigenvalue weighted by Crippen LogP contribution is 2.38. The van der Waals surface area contributed by atoms with Crippen LogP contribution in [0.4, 0.5) is 0 Å². The molecule has 2 rings (SSSR count). The Morgan fingerprint density at radius 2 is 1.85 bits per heavy atom. The van der Waals surface area contributed by atoms with Crippen molar-refractivity contribution in [2.75, 3.05) is 0 Å². The molecule has 1 aliphatic rings. The third kappa shape index (κ3) is 3.16. The molecule has 0 saturated heterocycles. The number of nitrogens with one attached hydrogen (secondary N) is 1. The molecule has 2 amide bonds. The molecule has 0 radical (unpaired) electrons. The number of carbonyl (C=O) groups is 2. The lowest BCUT2D eigenvalue weighted by Crippen LogP contribution is -2.42. The lowest BCUT2D eigenvalue weighted by atomic mass is 9.70. The SMILES string of the molecule is CC1=CC(C)(C)[C@H](C(=O)NC(=O)c2ccccc2)CC1. The summed E-state index contributed by atoms with van der Waals surface area (Å²) in [6.45, 7) is 6.19. The number of carbonyl (C=O) groups excluding carboxylic acids is 2. The van der Waals surface area contributed by atoms with Crippen LogP contribution in [0.3, 0.4) is 0 Å². The molecule has 0 heterocycles. The van der Waals surface area contributed by atoms with Crippen molar-refractivity contribution < 1.29 is 9.59 Å². The second kappa shape index (κ2) is 5.61. The summed E-state index contributed by atoms with van der Waals surface area (Å²) in [6, 6.07) is 8.83. The van der Waals surface area contributed by atoms with Gasteiger partial charge in [0.2, 0.25) is 5.91 Å². The highest BCUT2D eigenvalue weighted by Gasteiger charge is 2.36. The highest BCUT2D eigenvalue weighted by molar-refractivity contribution is 6.05. The van der Waals surface area contributed by atoms with Gasteiger partial charge in [0.15, 0.2) is 0 Å². The van der Waals surface area contributed by atoms with Crippen LogP contribution in [0.15, 0.2) is 42.0 Å². The monoisotopic (exact) mass is 271 g/mol. The van der Waals surface area contributed by atoms with Gasteiger partial charge in [-0.2, -0.15) is 0 Å². The van der Waals surface area contributed by atoms with E-state index in [1.165, 1.54) is 5.57 Å². The molecule has 3 heteroatoms. The molecular formula is C17H21NO2. The van der Waals surface area contributed by atoms with Crippen molar-refractivity contribution in [1.29, 1.82) is 0 Å². The van der Waals surface area contributed by atoms with E-state index in [4.69, 9.17) is 0 Å². The molecule has 106 valence electrons. The Bertz CT molecular complexity index is 543. The minimum atomic E-state index is -0.322. The van der Waals surface area contributed by atoms with Crippen LogP contribution in [0.1, 0.15) is 44.0 Å². The zero-order valence-corrected chi connectivity index (χ0v) is 12.3. The minimum absolute atomic E-state index is 0.154. The van der Waals surface area contributed by atoms with Gasteiger partial charge in [-0.15, -0.1) is 0 Å². The van der Waals surface area contributed by atoms with Crippen LogP contribution in [0.25, 0.3) is 0 Å². The summed E-state index contributed by atoms with van der Waals surface area (Å²) in [7, 11) is 0. The topological polar surface area (TPSA) is 46.2 Å². The number of allylic oxidation sites excluding steroid dienone is 2. The predicted octanol–water partition coefficient (Wildman–Crippen LogP) is 3.33. The zero-order chi connectivity index (χ0) is 14.8. The van der Waals surface area contributed by atoms with Gasteiger partial charge in [-0.25, -0.2) is 0 Å². The summed E-state index contributed by atoms with van der Waals surface area (Å²) in [5.74, 6) is -0.649. The van der Waals surface area contributed by atoms with Gasteiger partial charge in [-0.3, -0.25) is 14.9 Å². The van der Waals surface area contributed by atoms with Gasteiger partial charge in [0, 0.05) is 11.5 Å². The maximum absolute atomic E-state index is 12.3. The van der Waals surface area contributed by atoms with Crippen molar-refractivity contribution in [3.05, 3.63) is 47.5 Å². The lowest BCUT2D eigenvalue weighted by Gasteiger charge is -2.35. The fourth-order valence-corrected chi connectivity index (χ4v) is 2.88. The van der Waals surface area contributed by atoms with Crippen LogP contribution in [0, 0.1) is 11.3 Å². The van der Waals surface area contributed by atoms with Crippen LogP contribution in [-0.2, 0) is 4.79 Å². The summed E-state index contributed by atoms with van der Waals surface area (Å²) in [5.41, 5.74) is 1.62. The Morgan fingerprint density at radius 3 is 2.45 bits per heavy atom. The van der Waals surface area contributed by atoms with Crippen molar-refractivity contribution in [1.82, 2.24) is 5.32 Å². The molecule has 0 bridgehead atoms. The van der Waals surface area contributed by atoms with Crippen LogP contribution in [0.2, 0.25) is 0 Å². The Hall–Kier alpha value is -1.90. The smallest absolute Gasteiger partial charge is 0.257 e. The van der Waals surface area contributed by atoms with Crippen LogP contribution in [0.5, 0.6) is 0 Å². The normalized spacial score (nSPS) is 20.9. The molecule has 0 unspecified atom stereocenters. The lowest BCUT2D eigenvalue weighted by molar-refractivity contribution is -0.127. The largest absolute Gasteiger partial charge is 0.292 e. The van der Waals surface area contributed by atoms with Gasteiger partial charge in [0.05, 0.1) is 0 Å². The Labute approximate surface area is 120 Å². The second-order valence-corrected chi connectivity index (χ2v) is 6.09. The number of hydrogen-bond acceptors (Lipinski definition) is 2. The van der Waals surface area contributed by atoms with E-state index in [1.54, 1.807) is 24.3 Å². The van der Waals surface area contributed by atoms with Crippen molar-refractivity contribution in [3.63, 3.8) is 0 Å². The maximum Gasteiger partial charge on any atom is 0.257 e. The van der Waals surface area contributed by atoms with Gasteiger partial charge >= 0.3 is 0 Å². The molecule has 0 aromatic heterocycles. The number of rotatable bonds is 2.